The van der Waals surface area contributed by atoms with E-state index in [1.807, 2.05) is 36.4 Å². The van der Waals surface area contributed by atoms with Crippen molar-refractivity contribution in [1.29, 1.82) is 0 Å². The van der Waals surface area contributed by atoms with Gasteiger partial charge in [0.1, 0.15) is 11.9 Å². The van der Waals surface area contributed by atoms with Gasteiger partial charge in [-0.1, -0.05) is 30.3 Å². The molecular weight excluding hydrogens is 214 g/mol. The van der Waals surface area contributed by atoms with Gasteiger partial charge in [0.15, 0.2) is 0 Å². The number of H-pyrrole nitrogens is 1. The van der Waals surface area contributed by atoms with Crippen molar-refractivity contribution in [2.24, 2.45) is 0 Å². The lowest BCUT2D eigenvalue weighted by Gasteiger charge is -2.06. The zero-order chi connectivity index (χ0) is 11.7. The number of aliphatic hydroxyl groups is 1. The normalized spacial score (nSPS) is 12.8. The lowest BCUT2D eigenvalue weighted by Crippen LogP contribution is -2.01. The first-order valence-corrected chi connectivity index (χ1v) is 5.37. The molecule has 0 amide bonds. The van der Waals surface area contributed by atoms with E-state index in [1.165, 1.54) is 0 Å². The largest absolute Gasteiger partial charge is 0.380 e. The number of nitrogens with zero attached hydrogens (tertiary/aromatic N) is 2. The molecule has 0 bridgehead atoms. The highest BCUT2D eigenvalue weighted by Gasteiger charge is 2.14. The summed E-state index contributed by atoms with van der Waals surface area (Å²) in [6.07, 6.45) is 2.65. The highest BCUT2D eigenvalue weighted by Crippen LogP contribution is 2.21. The molecule has 3 aromatic rings. The average molecular weight is 225 g/mol. The first kappa shape index (κ1) is 9.99. The summed E-state index contributed by atoms with van der Waals surface area (Å²) in [4.78, 5) is 11.4. The predicted octanol–water partition coefficient (Wildman–Crippen LogP) is 2.04. The molecule has 2 heterocycles. The number of pyridine rings is 1. The first-order valence-electron chi connectivity index (χ1n) is 5.37. The van der Waals surface area contributed by atoms with Gasteiger partial charge in [-0.05, 0) is 11.6 Å². The van der Waals surface area contributed by atoms with Gasteiger partial charge < -0.3 is 10.1 Å². The third-order valence-corrected chi connectivity index (χ3v) is 2.68. The van der Waals surface area contributed by atoms with E-state index in [1.54, 1.807) is 12.4 Å². The molecule has 4 heteroatoms. The molecule has 4 nitrogen and oxygen atoms in total. The van der Waals surface area contributed by atoms with Crippen molar-refractivity contribution in [1.82, 2.24) is 15.0 Å². The van der Waals surface area contributed by atoms with E-state index in [4.69, 9.17) is 0 Å². The number of aliphatic hydroxyl groups excluding tert-OH is 1. The third-order valence-electron chi connectivity index (χ3n) is 2.68. The maximum atomic E-state index is 10.2. The van der Waals surface area contributed by atoms with Crippen molar-refractivity contribution in [2.75, 3.05) is 0 Å². The van der Waals surface area contributed by atoms with Crippen molar-refractivity contribution >= 4 is 11.0 Å². The lowest BCUT2D eigenvalue weighted by molar-refractivity contribution is 0.211. The summed E-state index contributed by atoms with van der Waals surface area (Å²) in [5.41, 5.74) is 2.46. The van der Waals surface area contributed by atoms with Gasteiger partial charge in [0.05, 0.1) is 17.2 Å². The van der Waals surface area contributed by atoms with Crippen molar-refractivity contribution in [3.05, 3.63) is 60.2 Å². The number of fused-ring (bicyclic) bond motifs is 1. The molecular formula is C13H11N3O. The van der Waals surface area contributed by atoms with Gasteiger partial charge in [0.25, 0.3) is 0 Å². The Balaban J connectivity index is 2.04. The van der Waals surface area contributed by atoms with Gasteiger partial charge in [-0.3, -0.25) is 4.98 Å². The number of aromatic nitrogens is 3. The van der Waals surface area contributed by atoms with Crippen molar-refractivity contribution in [2.45, 2.75) is 6.10 Å². The minimum atomic E-state index is -0.733. The van der Waals surface area contributed by atoms with Gasteiger partial charge in [0.2, 0.25) is 0 Å². The quantitative estimate of drug-likeness (QED) is 0.701. The molecule has 0 aliphatic carbocycles. The number of nitrogens with one attached hydrogen (secondary N) is 1. The van der Waals surface area contributed by atoms with Gasteiger partial charge in [-0.15, -0.1) is 0 Å². The van der Waals surface area contributed by atoms with Crippen LogP contribution in [0.25, 0.3) is 11.0 Å². The van der Waals surface area contributed by atoms with Crippen molar-refractivity contribution in [3.63, 3.8) is 0 Å². The molecule has 1 aromatic carbocycles. The summed E-state index contributed by atoms with van der Waals surface area (Å²) in [6, 6.07) is 11.3. The zero-order valence-electron chi connectivity index (χ0n) is 9.04. The Morgan fingerprint density at radius 1 is 1.12 bits per heavy atom. The predicted molar refractivity (Wildman–Crippen MR) is 64.4 cm³/mol. The molecule has 2 aromatic heterocycles. The number of benzene rings is 1. The Bertz CT molecular complexity index is 600. The summed E-state index contributed by atoms with van der Waals surface area (Å²) >= 11 is 0. The number of imidazole rings is 1. The fourth-order valence-corrected chi connectivity index (χ4v) is 1.80. The lowest BCUT2D eigenvalue weighted by atomic mass is 10.1. The van der Waals surface area contributed by atoms with Crippen molar-refractivity contribution < 1.29 is 5.11 Å². The average Bonchev–Trinajstić information content (AvgIpc) is 2.82. The first-order chi connectivity index (χ1) is 8.34. The zero-order valence-corrected chi connectivity index (χ0v) is 9.04. The number of aromatic amines is 1. The van der Waals surface area contributed by atoms with Crippen LogP contribution in [0.5, 0.6) is 0 Å². The van der Waals surface area contributed by atoms with Crippen LogP contribution in [0, 0.1) is 0 Å². The fourth-order valence-electron chi connectivity index (χ4n) is 1.80. The van der Waals surface area contributed by atoms with Crippen LogP contribution >= 0.6 is 0 Å². The monoisotopic (exact) mass is 225 g/mol. The molecule has 0 spiro atoms. The Hall–Kier alpha value is -2.20. The number of hydrogen-bond acceptors (Lipinski definition) is 3. The van der Waals surface area contributed by atoms with E-state index in [9.17, 15) is 5.11 Å². The van der Waals surface area contributed by atoms with Gasteiger partial charge in [0, 0.05) is 6.20 Å². The Morgan fingerprint density at radius 3 is 2.71 bits per heavy atom. The van der Waals surface area contributed by atoms with Crippen LogP contribution in [-0.4, -0.2) is 20.1 Å². The van der Waals surface area contributed by atoms with E-state index >= 15 is 0 Å². The number of hydrogen-bond donors (Lipinski definition) is 2. The van der Waals surface area contributed by atoms with Crippen LogP contribution in [0.3, 0.4) is 0 Å². The molecule has 0 radical (unpaired) electrons. The summed E-state index contributed by atoms with van der Waals surface area (Å²) < 4.78 is 0. The Labute approximate surface area is 98.0 Å². The highest BCUT2D eigenvalue weighted by atomic mass is 16.3. The summed E-state index contributed by atoms with van der Waals surface area (Å²) in [5, 5.41) is 10.2. The van der Waals surface area contributed by atoms with Crippen LogP contribution in [0.2, 0.25) is 0 Å². The van der Waals surface area contributed by atoms with E-state index in [2.05, 4.69) is 15.0 Å². The van der Waals surface area contributed by atoms with E-state index < -0.39 is 6.10 Å². The molecule has 0 fully saturated rings. The second-order valence-corrected chi connectivity index (χ2v) is 3.83. The molecule has 0 aliphatic rings. The summed E-state index contributed by atoms with van der Waals surface area (Å²) in [7, 11) is 0. The van der Waals surface area contributed by atoms with Crippen LogP contribution in [0.4, 0.5) is 0 Å². The maximum Gasteiger partial charge on any atom is 0.140 e. The molecule has 17 heavy (non-hydrogen) atoms. The minimum Gasteiger partial charge on any atom is -0.380 e. The molecule has 1 atom stereocenters. The topological polar surface area (TPSA) is 61.8 Å². The van der Waals surface area contributed by atoms with Crippen LogP contribution in [-0.2, 0) is 0 Å². The third kappa shape index (κ3) is 1.79. The van der Waals surface area contributed by atoms with E-state index in [0.717, 1.165) is 16.6 Å². The smallest absolute Gasteiger partial charge is 0.140 e. The minimum absolute atomic E-state index is 0.541. The molecule has 3 rings (SSSR count). The van der Waals surface area contributed by atoms with Gasteiger partial charge in [-0.2, -0.15) is 0 Å². The van der Waals surface area contributed by atoms with Crippen LogP contribution in [0.15, 0.2) is 48.8 Å². The SMILES string of the molecule is O[C@H](c1ccccc1)c1nc2ccncc2[nH]1. The maximum absolute atomic E-state index is 10.2. The van der Waals surface area contributed by atoms with Crippen LogP contribution in [0.1, 0.15) is 17.5 Å². The Morgan fingerprint density at radius 2 is 1.94 bits per heavy atom. The molecule has 0 unspecified atom stereocenters. The second-order valence-electron chi connectivity index (χ2n) is 3.83. The summed E-state index contributed by atoms with van der Waals surface area (Å²) in [6.45, 7) is 0. The fraction of sp³-hybridized carbons (Fsp3) is 0.0769. The molecule has 2 N–H and O–H groups in total. The molecule has 84 valence electrons. The van der Waals surface area contributed by atoms with E-state index in [-0.39, 0.29) is 0 Å². The van der Waals surface area contributed by atoms with Gasteiger partial charge >= 0.3 is 0 Å². The Kier molecular flexibility index (Phi) is 2.34. The molecule has 0 aliphatic heterocycles. The second kappa shape index (κ2) is 3.99. The highest BCUT2D eigenvalue weighted by molar-refractivity contribution is 5.73. The molecule has 0 saturated carbocycles. The van der Waals surface area contributed by atoms with Crippen molar-refractivity contribution in [3.8, 4) is 0 Å². The standard InChI is InChI=1S/C13H11N3O/c17-12(9-4-2-1-3-5-9)13-15-10-6-7-14-8-11(10)16-13/h1-8,12,17H,(H,15,16)/t12-/m1/s1. The van der Waals surface area contributed by atoms with E-state index in [0.29, 0.717) is 5.82 Å². The number of rotatable bonds is 2. The van der Waals surface area contributed by atoms with Gasteiger partial charge in [-0.25, -0.2) is 4.98 Å². The van der Waals surface area contributed by atoms with Crippen LogP contribution < -0.4 is 0 Å². The molecule has 0 saturated heterocycles. The summed E-state index contributed by atoms with van der Waals surface area (Å²) in [5.74, 6) is 0.541.